The summed E-state index contributed by atoms with van der Waals surface area (Å²) in [5.41, 5.74) is 3.39. The van der Waals surface area contributed by atoms with Crippen LogP contribution in [-0.4, -0.2) is 46.7 Å². The SMILES string of the molecule is CCN(CC)S(=O)(=O)c1ccc2c(c1)nnn2CCC(=O)NCc1cccc(C)c1. The van der Waals surface area contributed by atoms with E-state index in [1.54, 1.807) is 30.7 Å². The van der Waals surface area contributed by atoms with Gasteiger partial charge < -0.3 is 5.32 Å². The zero-order chi connectivity index (χ0) is 21.7. The Balaban J connectivity index is 1.65. The van der Waals surface area contributed by atoms with Gasteiger partial charge in [-0.3, -0.25) is 4.79 Å². The quantitative estimate of drug-likeness (QED) is 0.564. The molecule has 0 aliphatic carbocycles. The fourth-order valence-corrected chi connectivity index (χ4v) is 4.79. The highest BCUT2D eigenvalue weighted by molar-refractivity contribution is 7.89. The lowest BCUT2D eigenvalue weighted by atomic mass is 10.1. The second kappa shape index (κ2) is 9.36. The lowest BCUT2D eigenvalue weighted by molar-refractivity contribution is -0.121. The minimum absolute atomic E-state index is 0.0825. The van der Waals surface area contributed by atoms with Gasteiger partial charge >= 0.3 is 0 Å². The van der Waals surface area contributed by atoms with E-state index in [4.69, 9.17) is 0 Å². The van der Waals surface area contributed by atoms with Crippen molar-refractivity contribution < 1.29 is 13.2 Å². The van der Waals surface area contributed by atoms with Crippen LogP contribution in [0.25, 0.3) is 11.0 Å². The molecule has 1 amide bonds. The number of amides is 1. The maximum absolute atomic E-state index is 12.7. The molecule has 160 valence electrons. The van der Waals surface area contributed by atoms with Crippen molar-refractivity contribution in [1.29, 1.82) is 0 Å². The summed E-state index contributed by atoms with van der Waals surface area (Å²) in [4.78, 5) is 12.4. The van der Waals surface area contributed by atoms with E-state index in [1.807, 2.05) is 31.2 Å². The third-order valence-electron chi connectivity index (χ3n) is 4.95. The van der Waals surface area contributed by atoms with Gasteiger partial charge in [-0.2, -0.15) is 4.31 Å². The molecule has 0 aliphatic heterocycles. The van der Waals surface area contributed by atoms with Gasteiger partial charge in [-0.1, -0.05) is 48.9 Å². The van der Waals surface area contributed by atoms with Crippen molar-refractivity contribution in [3.63, 3.8) is 0 Å². The number of hydrogen-bond acceptors (Lipinski definition) is 5. The highest BCUT2D eigenvalue weighted by Gasteiger charge is 2.22. The number of aromatic nitrogens is 3. The van der Waals surface area contributed by atoms with Crippen molar-refractivity contribution in [3.05, 3.63) is 53.6 Å². The van der Waals surface area contributed by atoms with E-state index in [0.29, 0.717) is 37.2 Å². The molecule has 8 nitrogen and oxygen atoms in total. The first-order valence-corrected chi connectivity index (χ1v) is 11.4. The third-order valence-corrected chi connectivity index (χ3v) is 7.00. The minimum atomic E-state index is -3.55. The molecule has 0 spiro atoms. The standard InChI is InChI=1S/C21H27N5O3S/c1-4-25(5-2)30(28,29)18-9-10-20-19(14-18)23-24-26(20)12-11-21(27)22-15-17-8-6-7-16(3)13-17/h6-10,13-14H,4-5,11-12,15H2,1-3H3,(H,22,27). The average molecular weight is 430 g/mol. The normalized spacial score (nSPS) is 11.9. The van der Waals surface area contributed by atoms with Gasteiger partial charge in [0, 0.05) is 26.1 Å². The minimum Gasteiger partial charge on any atom is -0.352 e. The Morgan fingerprint density at radius 1 is 1.13 bits per heavy atom. The lowest BCUT2D eigenvalue weighted by Crippen LogP contribution is -2.30. The van der Waals surface area contributed by atoms with Gasteiger partial charge in [0.1, 0.15) is 5.52 Å². The molecule has 0 aliphatic rings. The molecule has 0 saturated heterocycles. The van der Waals surface area contributed by atoms with E-state index in [0.717, 1.165) is 11.1 Å². The van der Waals surface area contributed by atoms with Gasteiger partial charge in [0.2, 0.25) is 15.9 Å². The fraction of sp³-hybridized carbons (Fsp3) is 0.381. The Morgan fingerprint density at radius 2 is 1.90 bits per heavy atom. The molecule has 9 heteroatoms. The molecule has 2 aromatic carbocycles. The van der Waals surface area contributed by atoms with E-state index in [-0.39, 0.29) is 17.2 Å². The number of benzene rings is 2. The lowest BCUT2D eigenvalue weighted by Gasteiger charge is -2.18. The zero-order valence-corrected chi connectivity index (χ0v) is 18.3. The Labute approximate surface area is 176 Å². The maximum atomic E-state index is 12.7. The molecule has 0 radical (unpaired) electrons. The molecule has 0 atom stereocenters. The highest BCUT2D eigenvalue weighted by Crippen LogP contribution is 2.20. The summed E-state index contributed by atoms with van der Waals surface area (Å²) >= 11 is 0. The molecule has 1 heterocycles. The Bertz CT molecular complexity index is 1140. The van der Waals surface area contributed by atoms with Crippen LogP contribution >= 0.6 is 0 Å². The van der Waals surface area contributed by atoms with E-state index in [2.05, 4.69) is 15.6 Å². The van der Waals surface area contributed by atoms with Crippen LogP contribution in [0.5, 0.6) is 0 Å². The Hall–Kier alpha value is -2.78. The molecular formula is C21H27N5O3S. The number of carbonyl (C=O) groups excluding carboxylic acids is 1. The van der Waals surface area contributed by atoms with Gasteiger partial charge in [0.05, 0.1) is 17.0 Å². The number of nitrogens with zero attached hydrogens (tertiary/aromatic N) is 4. The second-order valence-electron chi connectivity index (χ2n) is 7.07. The molecule has 0 fully saturated rings. The fourth-order valence-electron chi connectivity index (χ4n) is 3.31. The molecule has 0 bridgehead atoms. The molecule has 1 N–H and O–H groups in total. The van der Waals surface area contributed by atoms with Crippen molar-refractivity contribution in [2.75, 3.05) is 13.1 Å². The van der Waals surface area contributed by atoms with Crippen LogP contribution in [-0.2, 0) is 27.9 Å². The summed E-state index contributed by atoms with van der Waals surface area (Å²) in [6.45, 7) is 7.27. The first kappa shape index (κ1) is 21.9. The summed E-state index contributed by atoms with van der Waals surface area (Å²) < 4.78 is 28.4. The Kier molecular flexibility index (Phi) is 6.84. The van der Waals surface area contributed by atoms with E-state index >= 15 is 0 Å². The highest BCUT2D eigenvalue weighted by atomic mass is 32.2. The number of aryl methyl sites for hydroxylation is 2. The van der Waals surface area contributed by atoms with Crippen LogP contribution < -0.4 is 5.32 Å². The number of carbonyl (C=O) groups is 1. The molecule has 3 aromatic rings. The van der Waals surface area contributed by atoms with Gasteiger partial charge in [-0.15, -0.1) is 5.10 Å². The Morgan fingerprint density at radius 3 is 2.60 bits per heavy atom. The molecule has 3 rings (SSSR count). The van der Waals surface area contributed by atoms with Gasteiger partial charge in [-0.25, -0.2) is 13.1 Å². The number of nitrogens with one attached hydrogen (secondary N) is 1. The van der Waals surface area contributed by atoms with Crippen LogP contribution in [0.4, 0.5) is 0 Å². The van der Waals surface area contributed by atoms with Crippen molar-refractivity contribution in [1.82, 2.24) is 24.6 Å². The van der Waals surface area contributed by atoms with Crippen LogP contribution in [0, 0.1) is 6.92 Å². The van der Waals surface area contributed by atoms with Gasteiger partial charge in [0.15, 0.2) is 0 Å². The topological polar surface area (TPSA) is 97.2 Å². The molecular weight excluding hydrogens is 402 g/mol. The maximum Gasteiger partial charge on any atom is 0.243 e. The first-order chi connectivity index (χ1) is 14.3. The molecule has 1 aromatic heterocycles. The van der Waals surface area contributed by atoms with Crippen molar-refractivity contribution in [2.24, 2.45) is 0 Å². The predicted octanol–water partition coefficient (Wildman–Crippen LogP) is 2.48. The molecule has 0 saturated carbocycles. The van der Waals surface area contributed by atoms with Crippen molar-refractivity contribution in [3.8, 4) is 0 Å². The number of sulfonamides is 1. The second-order valence-corrected chi connectivity index (χ2v) is 9.01. The predicted molar refractivity (Wildman–Crippen MR) is 115 cm³/mol. The summed E-state index contributed by atoms with van der Waals surface area (Å²) in [7, 11) is -3.55. The van der Waals surface area contributed by atoms with Crippen LogP contribution in [0.1, 0.15) is 31.4 Å². The largest absolute Gasteiger partial charge is 0.352 e. The summed E-state index contributed by atoms with van der Waals surface area (Å²) in [6, 6.07) is 12.8. The third kappa shape index (κ3) is 4.85. The molecule has 0 unspecified atom stereocenters. The monoisotopic (exact) mass is 429 g/mol. The number of rotatable bonds is 9. The summed E-state index contributed by atoms with van der Waals surface area (Å²) in [5.74, 6) is -0.0825. The average Bonchev–Trinajstić information content (AvgIpc) is 3.14. The van der Waals surface area contributed by atoms with Crippen molar-refractivity contribution >= 4 is 27.0 Å². The first-order valence-electron chi connectivity index (χ1n) is 10.0. The smallest absolute Gasteiger partial charge is 0.243 e. The molecule has 30 heavy (non-hydrogen) atoms. The van der Waals surface area contributed by atoms with Gasteiger partial charge in [-0.05, 0) is 30.7 Å². The van der Waals surface area contributed by atoms with Crippen LogP contribution in [0.15, 0.2) is 47.4 Å². The number of fused-ring (bicyclic) bond motifs is 1. The summed E-state index contributed by atoms with van der Waals surface area (Å²) in [5, 5.41) is 11.1. The zero-order valence-electron chi connectivity index (χ0n) is 17.5. The summed E-state index contributed by atoms with van der Waals surface area (Å²) in [6.07, 6.45) is 0.254. The van der Waals surface area contributed by atoms with E-state index in [1.165, 1.54) is 10.4 Å². The van der Waals surface area contributed by atoms with Crippen molar-refractivity contribution in [2.45, 2.75) is 45.2 Å². The van der Waals surface area contributed by atoms with Gasteiger partial charge in [0.25, 0.3) is 0 Å². The number of hydrogen-bond donors (Lipinski definition) is 1. The van der Waals surface area contributed by atoms with E-state index < -0.39 is 10.0 Å². The van der Waals surface area contributed by atoms with E-state index in [9.17, 15) is 13.2 Å². The van der Waals surface area contributed by atoms with Crippen LogP contribution in [0.3, 0.4) is 0 Å². The van der Waals surface area contributed by atoms with Crippen LogP contribution in [0.2, 0.25) is 0 Å².